The van der Waals surface area contributed by atoms with E-state index in [-0.39, 0.29) is 28.7 Å². The second-order valence-corrected chi connectivity index (χ2v) is 10.6. The summed E-state index contributed by atoms with van der Waals surface area (Å²) in [7, 11) is 0. The van der Waals surface area contributed by atoms with E-state index in [1.165, 1.54) is 17.8 Å². The van der Waals surface area contributed by atoms with Crippen molar-refractivity contribution < 1.29 is 13.9 Å². The molecule has 3 aromatic carbocycles. The summed E-state index contributed by atoms with van der Waals surface area (Å²) in [4.78, 5) is 21.8. The first kappa shape index (κ1) is 26.6. The number of carbonyl (C=O) groups is 1. The average Bonchev–Trinajstić information content (AvgIpc) is 2.85. The standard InChI is InChI=1S/C27H20BrCl2FN2O2S/c1-16-21(13-17-5-11-20(29)12-6-17)26(35-14-22-23(30)3-2-4-24(22)31)33-27(32-16)36-15-25(34)18-7-9-19(28)10-8-18/h2-12H,13-15H2,1H3. The zero-order chi connectivity index (χ0) is 25.7. The fraction of sp³-hybridized carbons (Fsp3) is 0.148. The Labute approximate surface area is 231 Å². The highest BCUT2D eigenvalue weighted by Gasteiger charge is 2.17. The van der Waals surface area contributed by atoms with Crippen molar-refractivity contribution in [1.82, 2.24) is 9.97 Å². The molecule has 1 aromatic heterocycles. The van der Waals surface area contributed by atoms with E-state index >= 15 is 0 Å². The third kappa shape index (κ3) is 6.85. The number of Topliss-reactive ketones (excluding diaryl/α,β-unsaturated/α-hetero) is 1. The molecule has 9 heteroatoms. The molecule has 0 aliphatic heterocycles. The van der Waals surface area contributed by atoms with Crippen LogP contribution in [0, 0.1) is 12.7 Å². The first-order chi connectivity index (χ1) is 17.3. The van der Waals surface area contributed by atoms with Gasteiger partial charge in [0.05, 0.1) is 10.8 Å². The van der Waals surface area contributed by atoms with Crippen LogP contribution in [0.3, 0.4) is 0 Å². The first-order valence-electron chi connectivity index (χ1n) is 10.9. The number of hydrogen-bond acceptors (Lipinski definition) is 5. The lowest BCUT2D eigenvalue weighted by Gasteiger charge is -2.15. The Morgan fingerprint density at radius 2 is 1.72 bits per heavy atom. The monoisotopic (exact) mass is 604 g/mol. The van der Waals surface area contributed by atoms with E-state index in [1.54, 1.807) is 24.3 Å². The van der Waals surface area contributed by atoms with Crippen molar-refractivity contribution in [3.05, 3.63) is 115 Å². The Bertz CT molecular complexity index is 1370. The van der Waals surface area contributed by atoms with Gasteiger partial charge >= 0.3 is 0 Å². The van der Waals surface area contributed by atoms with E-state index in [0.717, 1.165) is 15.6 Å². The summed E-state index contributed by atoms with van der Waals surface area (Å²) < 4.78 is 21.2. The highest BCUT2D eigenvalue weighted by molar-refractivity contribution is 9.10. The molecule has 0 amide bonds. The Kier molecular flexibility index (Phi) is 9.01. The van der Waals surface area contributed by atoms with Gasteiger partial charge in [-0.25, -0.2) is 9.37 Å². The molecule has 0 aliphatic rings. The van der Waals surface area contributed by atoms with Crippen molar-refractivity contribution in [2.24, 2.45) is 0 Å². The van der Waals surface area contributed by atoms with E-state index in [0.29, 0.717) is 33.7 Å². The molecule has 0 atom stereocenters. The predicted molar refractivity (Wildman–Crippen MR) is 146 cm³/mol. The van der Waals surface area contributed by atoms with Crippen LogP contribution < -0.4 is 4.74 Å². The lowest BCUT2D eigenvalue weighted by atomic mass is 10.0. The number of hydrogen-bond donors (Lipinski definition) is 0. The van der Waals surface area contributed by atoms with Crippen LogP contribution in [0.5, 0.6) is 5.88 Å². The maximum atomic E-state index is 14.3. The van der Waals surface area contributed by atoms with Gasteiger partial charge in [0, 0.05) is 38.3 Å². The summed E-state index contributed by atoms with van der Waals surface area (Å²) in [6.07, 6.45) is 0.492. The molecule has 4 nitrogen and oxygen atoms in total. The van der Waals surface area contributed by atoms with Gasteiger partial charge in [0.25, 0.3) is 0 Å². The van der Waals surface area contributed by atoms with Gasteiger partial charge in [-0.1, -0.05) is 81.2 Å². The molecule has 0 aliphatic carbocycles. The number of nitrogens with zero attached hydrogens (tertiary/aromatic N) is 2. The molecule has 0 saturated carbocycles. The zero-order valence-electron chi connectivity index (χ0n) is 19.1. The summed E-state index contributed by atoms with van der Waals surface area (Å²) in [5.41, 5.74) is 3.30. The van der Waals surface area contributed by atoms with Crippen LogP contribution in [0.15, 0.2) is 76.4 Å². The minimum atomic E-state index is -0.456. The average molecular weight is 606 g/mol. The number of aromatic nitrogens is 2. The van der Waals surface area contributed by atoms with E-state index in [1.807, 2.05) is 43.3 Å². The minimum absolute atomic E-state index is 0.0420. The molecule has 0 spiro atoms. The number of aryl methyl sites for hydroxylation is 1. The highest BCUT2D eigenvalue weighted by Crippen LogP contribution is 2.29. The smallest absolute Gasteiger partial charge is 0.221 e. The van der Waals surface area contributed by atoms with Crippen molar-refractivity contribution in [1.29, 1.82) is 0 Å². The third-order valence-electron chi connectivity index (χ3n) is 5.36. The Balaban J connectivity index is 1.59. The molecule has 0 saturated heterocycles. The molecular weight excluding hydrogens is 586 g/mol. The summed E-state index contributed by atoms with van der Waals surface area (Å²) in [6.45, 7) is 1.76. The molecule has 0 bridgehead atoms. The quantitative estimate of drug-likeness (QED) is 0.109. The Hall–Kier alpha value is -2.45. The lowest BCUT2D eigenvalue weighted by Crippen LogP contribution is -2.09. The molecule has 0 radical (unpaired) electrons. The Morgan fingerprint density at radius 1 is 1.00 bits per heavy atom. The molecule has 1 heterocycles. The maximum absolute atomic E-state index is 14.3. The van der Waals surface area contributed by atoms with Gasteiger partial charge in [0.1, 0.15) is 12.4 Å². The topological polar surface area (TPSA) is 52.1 Å². The molecular formula is C27H20BrCl2FN2O2S. The van der Waals surface area contributed by atoms with Gasteiger partial charge in [0.2, 0.25) is 5.88 Å². The number of halogens is 4. The van der Waals surface area contributed by atoms with Crippen LogP contribution in [-0.2, 0) is 13.0 Å². The molecule has 0 unspecified atom stereocenters. The van der Waals surface area contributed by atoms with Crippen molar-refractivity contribution >= 4 is 56.7 Å². The van der Waals surface area contributed by atoms with Crippen LogP contribution in [0.2, 0.25) is 10.0 Å². The second-order valence-electron chi connectivity index (χ2n) is 7.89. The number of thioether (sulfide) groups is 1. The zero-order valence-corrected chi connectivity index (χ0v) is 23.0. The largest absolute Gasteiger partial charge is 0.472 e. The van der Waals surface area contributed by atoms with Gasteiger partial charge in [0.15, 0.2) is 10.9 Å². The highest BCUT2D eigenvalue weighted by atomic mass is 79.9. The van der Waals surface area contributed by atoms with Crippen LogP contribution in [0.1, 0.15) is 32.7 Å². The van der Waals surface area contributed by atoms with Gasteiger partial charge in [-0.05, 0) is 48.9 Å². The van der Waals surface area contributed by atoms with Crippen LogP contribution in [0.4, 0.5) is 4.39 Å². The van der Waals surface area contributed by atoms with E-state index in [9.17, 15) is 9.18 Å². The van der Waals surface area contributed by atoms with E-state index in [4.69, 9.17) is 27.9 Å². The van der Waals surface area contributed by atoms with Crippen LogP contribution in [0.25, 0.3) is 0 Å². The molecule has 0 N–H and O–H groups in total. The molecule has 0 fully saturated rings. The Morgan fingerprint density at radius 3 is 2.42 bits per heavy atom. The van der Waals surface area contributed by atoms with E-state index in [2.05, 4.69) is 25.9 Å². The summed E-state index contributed by atoms with van der Waals surface area (Å²) in [5, 5.41) is 1.31. The molecule has 4 rings (SSSR count). The summed E-state index contributed by atoms with van der Waals surface area (Å²) in [6, 6.07) is 19.1. The third-order valence-corrected chi connectivity index (χ3v) is 7.35. The van der Waals surface area contributed by atoms with Crippen molar-refractivity contribution in [3.63, 3.8) is 0 Å². The fourth-order valence-electron chi connectivity index (χ4n) is 3.40. The maximum Gasteiger partial charge on any atom is 0.221 e. The summed E-state index contributed by atoms with van der Waals surface area (Å²) in [5.74, 6) is -0.0203. The van der Waals surface area contributed by atoms with Gasteiger partial charge in [-0.3, -0.25) is 4.79 Å². The number of ketones is 1. The second kappa shape index (κ2) is 12.2. The van der Waals surface area contributed by atoms with Crippen LogP contribution in [-0.4, -0.2) is 21.5 Å². The van der Waals surface area contributed by atoms with Gasteiger partial charge in [-0.2, -0.15) is 4.98 Å². The SMILES string of the molecule is Cc1nc(SCC(=O)c2ccc(Br)cc2)nc(OCc2c(F)cccc2Cl)c1Cc1ccc(Cl)cc1. The lowest BCUT2D eigenvalue weighted by molar-refractivity contribution is 0.102. The van der Waals surface area contributed by atoms with Gasteiger partial charge < -0.3 is 4.74 Å². The number of rotatable bonds is 9. The summed E-state index contributed by atoms with van der Waals surface area (Å²) >= 11 is 16.8. The van der Waals surface area contributed by atoms with Gasteiger partial charge in [-0.15, -0.1) is 0 Å². The molecule has 36 heavy (non-hydrogen) atoms. The van der Waals surface area contributed by atoms with Crippen molar-refractivity contribution in [2.75, 3.05) is 5.75 Å². The molecule has 4 aromatic rings. The number of carbonyl (C=O) groups excluding carboxylic acids is 1. The van der Waals surface area contributed by atoms with Crippen molar-refractivity contribution in [3.8, 4) is 5.88 Å². The normalized spacial score (nSPS) is 10.9. The molecule has 184 valence electrons. The van der Waals surface area contributed by atoms with Crippen LogP contribution >= 0.6 is 50.9 Å². The predicted octanol–water partition coefficient (Wildman–Crippen LogP) is 8.14. The number of benzene rings is 3. The first-order valence-corrected chi connectivity index (χ1v) is 13.4. The minimum Gasteiger partial charge on any atom is -0.472 e. The van der Waals surface area contributed by atoms with Crippen molar-refractivity contribution in [2.45, 2.75) is 25.1 Å². The number of ether oxygens (including phenoxy) is 1. The van der Waals surface area contributed by atoms with E-state index < -0.39 is 5.82 Å². The fourth-order valence-corrected chi connectivity index (χ4v) is 4.78.